The Kier molecular flexibility index (Phi) is 5.57. The average Bonchev–Trinajstić information content (AvgIpc) is 3.11. The zero-order chi connectivity index (χ0) is 16.1. The fourth-order valence-corrected chi connectivity index (χ4v) is 2.64. The number of hydrogen-bond acceptors (Lipinski definition) is 5. The van der Waals surface area contributed by atoms with Crippen molar-refractivity contribution in [1.29, 1.82) is 0 Å². The number of carbonyl (C=O) groups is 1. The number of aliphatic hydroxyl groups excluding tert-OH is 1. The minimum atomic E-state index is -0.564. The maximum absolute atomic E-state index is 12.2. The highest BCUT2D eigenvalue weighted by molar-refractivity contribution is 7.13. The van der Waals surface area contributed by atoms with Crippen LogP contribution in [0.25, 0.3) is 10.8 Å². The van der Waals surface area contributed by atoms with Gasteiger partial charge in [0.25, 0.3) is 0 Å². The molecule has 0 spiro atoms. The van der Waals surface area contributed by atoms with E-state index in [1.807, 2.05) is 31.4 Å². The number of amides is 2. The summed E-state index contributed by atoms with van der Waals surface area (Å²) < 4.78 is 5.41. The Hall–Kier alpha value is -1.86. The number of nitrogens with one attached hydrogen (secondary N) is 1. The lowest BCUT2D eigenvalue weighted by Gasteiger charge is -2.27. The second kappa shape index (κ2) is 7.42. The molecule has 0 saturated heterocycles. The van der Waals surface area contributed by atoms with E-state index in [2.05, 4.69) is 10.3 Å². The number of nitrogens with zero attached hydrogens (tertiary/aromatic N) is 2. The zero-order valence-electron chi connectivity index (χ0n) is 12.9. The van der Waals surface area contributed by atoms with Crippen LogP contribution in [0.3, 0.4) is 0 Å². The highest BCUT2D eigenvalue weighted by Crippen LogP contribution is 2.23. The molecule has 7 heteroatoms. The van der Waals surface area contributed by atoms with Gasteiger partial charge in [-0.25, -0.2) is 9.78 Å². The van der Waals surface area contributed by atoms with Gasteiger partial charge in [0.1, 0.15) is 6.26 Å². The summed E-state index contributed by atoms with van der Waals surface area (Å²) in [6.07, 6.45) is 0.981. The minimum Gasteiger partial charge on any atom is -0.443 e. The van der Waals surface area contributed by atoms with Gasteiger partial charge in [-0.15, -0.1) is 11.3 Å². The van der Waals surface area contributed by atoms with Gasteiger partial charge < -0.3 is 19.7 Å². The first-order valence-corrected chi connectivity index (χ1v) is 8.06. The molecule has 0 radical (unpaired) electrons. The molecule has 120 valence electrons. The predicted octanol–water partition coefficient (Wildman–Crippen LogP) is 2.70. The molecule has 1 atom stereocenters. The van der Waals surface area contributed by atoms with Gasteiger partial charge in [0.15, 0.2) is 0 Å². The summed E-state index contributed by atoms with van der Waals surface area (Å²) in [5.74, 6) is 0.559. The van der Waals surface area contributed by atoms with Gasteiger partial charge in [0, 0.05) is 12.6 Å². The smallest absolute Gasteiger partial charge is 0.318 e. The van der Waals surface area contributed by atoms with Crippen LogP contribution in [-0.4, -0.2) is 39.7 Å². The minimum absolute atomic E-state index is 0.00795. The SMILES string of the molecule is CC(O)CN(C(=O)NCc1coc(-c2cccs2)n1)C(C)C. The lowest BCUT2D eigenvalue weighted by atomic mass is 10.3. The summed E-state index contributed by atoms with van der Waals surface area (Å²) in [5, 5.41) is 14.2. The molecule has 6 nitrogen and oxygen atoms in total. The van der Waals surface area contributed by atoms with Crippen molar-refractivity contribution in [2.45, 2.75) is 39.5 Å². The molecular formula is C15H21N3O3S. The lowest BCUT2D eigenvalue weighted by molar-refractivity contribution is 0.118. The normalized spacial score (nSPS) is 12.4. The number of aliphatic hydroxyl groups is 1. The first kappa shape index (κ1) is 16.5. The van der Waals surface area contributed by atoms with Crippen molar-refractivity contribution in [2.24, 2.45) is 0 Å². The van der Waals surface area contributed by atoms with Gasteiger partial charge in [-0.2, -0.15) is 0 Å². The number of aromatic nitrogens is 1. The summed E-state index contributed by atoms with van der Waals surface area (Å²) in [6, 6.07) is 3.65. The maximum Gasteiger partial charge on any atom is 0.318 e. The van der Waals surface area contributed by atoms with Crippen molar-refractivity contribution in [1.82, 2.24) is 15.2 Å². The van der Waals surface area contributed by atoms with Crippen LogP contribution >= 0.6 is 11.3 Å². The predicted molar refractivity (Wildman–Crippen MR) is 85.6 cm³/mol. The number of thiophene rings is 1. The third kappa shape index (κ3) is 4.32. The summed E-state index contributed by atoms with van der Waals surface area (Å²) in [5.41, 5.74) is 0.664. The van der Waals surface area contributed by atoms with E-state index in [0.29, 0.717) is 18.1 Å². The van der Waals surface area contributed by atoms with E-state index in [1.54, 1.807) is 29.4 Å². The standard InChI is InChI=1S/C15H21N3O3S/c1-10(2)18(8-11(3)19)15(20)16-7-12-9-21-14(17-12)13-5-4-6-22-13/h4-6,9-11,19H,7-8H2,1-3H3,(H,16,20). The number of urea groups is 1. The van der Waals surface area contributed by atoms with Crippen LogP contribution in [0.15, 0.2) is 28.2 Å². The third-order valence-electron chi connectivity index (χ3n) is 3.05. The number of oxazole rings is 1. The largest absolute Gasteiger partial charge is 0.443 e. The Balaban J connectivity index is 1.93. The molecule has 0 aliphatic rings. The topological polar surface area (TPSA) is 78.6 Å². The van der Waals surface area contributed by atoms with E-state index in [0.717, 1.165) is 4.88 Å². The number of hydrogen-bond donors (Lipinski definition) is 2. The fourth-order valence-electron chi connectivity index (χ4n) is 1.98. The molecule has 1 unspecified atom stereocenters. The van der Waals surface area contributed by atoms with E-state index < -0.39 is 6.10 Å². The Bertz CT molecular complexity index is 593. The second-order valence-electron chi connectivity index (χ2n) is 5.38. The number of rotatable bonds is 6. The van der Waals surface area contributed by atoms with E-state index >= 15 is 0 Å². The van der Waals surface area contributed by atoms with Gasteiger partial charge in [-0.3, -0.25) is 0 Å². The van der Waals surface area contributed by atoms with Crippen LogP contribution in [0.2, 0.25) is 0 Å². The molecule has 2 heterocycles. The number of carbonyl (C=O) groups excluding carboxylic acids is 1. The first-order valence-electron chi connectivity index (χ1n) is 7.18. The molecule has 2 N–H and O–H groups in total. The zero-order valence-corrected chi connectivity index (χ0v) is 13.8. The van der Waals surface area contributed by atoms with Gasteiger partial charge in [0.2, 0.25) is 5.89 Å². The van der Waals surface area contributed by atoms with E-state index in [-0.39, 0.29) is 18.6 Å². The fraction of sp³-hybridized carbons (Fsp3) is 0.467. The Morgan fingerprint density at radius 1 is 1.50 bits per heavy atom. The van der Waals surface area contributed by atoms with Crippen molar-refractivity contribution >= 4 is 17.4 Å². The van der Waals surface area contributed by atoms with E-state index in [9.17, 15) is 9.90 Å². The average molecular weight is 323 g/mol. The van der Waals surface area contributed by atoms with Crippen molar-refractivity contribution < 1.29 is 14.3 Å². The summed E-state index contributed by atoms with van der Waals surface area (Å²) in [6.45, 7) is 6.06. The lowest BCUT2D eigenvalue weighted by Crippen LogP contribution is -2.46. The van der Waals surface area contributed by atoms with Crippen molar-refractivity contribution in [3.05, 3.63) is 29.5 Å². The molecule has 0 aliphatic carbocycles. The van der Waals surface area contributed by atoms with Crippen molar-refractivity contribution in [3.63, 3.8) is 0 Å². The van der Waals surface area contributed by atoms with E-state index in [1.165, 1.54) is 0 Å². The molecule has 22 heavy (non-hydrogen) atoms. The quantitative estimate of drug-likeness (QED) is 0.857. The summed E-state index contributed by atoms with van der Waals surface area (Å²) in [4.78, 5) is 19.1. The summed E-state index contributed by atoms with van der Waals surface area (Å²) >= 11 is 1.55. The Labute approximate surface area is 133 Å². The van der Waals surface area contributed by atoms with Crippen LogP contribution in [-0.2, 0) is 6.54 Å². The van der Waals surface area contributed by atoms with Gasteiger partial charge >= 0.3 is 6.03 Å². The molecule has 0 bridgehead atoms. The second-order valence-corrected chi connectivity index (χ2v) is 6.32. The van der Waals surface area contributed by atoms with Crippen molar-refractivity contribution in [3.8, 4) is 10.8 Å². The van der Waals surface area contributed by atoms with Crippen LogP contribution in [0, 0.1) is 0 Å². The van der Waals surface area contributed by atoms with Gasteiger partial charge in [-0.1, -0.05) is 6.07 Å². The van der Waals surface area contributed by atoms with Crippen LogP contribution in [0.4, 0.5) is 4.79 Å². The molecule has 2 aromatic heterocycles. The molecule has 0 fully saturated rings. The molecule has 2 aromatic rings. The monoisotopic (exact) mass is 323 g/mol. The summed E-state index contributed by atoms with van der Waals surface area (Å²) in [7, 11) is 0. The Morgan fingerprint density at radius 3 is 2.86 bits per heavy atom. The molecular weight excluding hydrogens is 302 g/mol. The van der Waals surface area contributed by atoms with Crippen LogP contribution < -0.4 is 5.32 Å². The van der Waals surface area contributed by atoms with Crippen LogP contribution in [0.5, 0.6) is 0 Å². The van der Waals surface area contributed by atoms with Gasteiger partial charge in [0.05, 0.1) is 23.2 Å². The molecule has 0 aliphatic heterocycles. The third-order valence-corrected chi connectivity index (χ3v) is 3.91. The van der Waals surface area contributed by atoms with Crippen LogP contribution in [0.1, 0.15) is 26.5 Å². The first-order chi connectivity index (χ1) is 10.5. The van der Waals surface area contributed by atoms with Crippen molar-refractivity contribution in [2.75, 3.05) is 6.54 Å². The molecule has 2 amide bonds. The maximum atomic E-state index is 12.2. The Morgan fingerprint density at radius 2 is 2.27 bits per heavy atom. The highest BCUT2D eigenvalue weighted by Gasteiger charge is 2.18. The molecule has 0 aromatic carbocycles. The molecule has 0 saturated carbocycles. The highest BCUT2D eigenvalue weighted by atomic mass is 32.1. The molecule has 2 rings (SSSR count). The van der Waals surface area contributed by atoms with Gasteiger partial charge in [-0.05, 0) is 32.2 Å². The van der Waals surface area contributed by atoms with E-state index in [4.69, 9.17) is 4.42 Å².